The summed E-state index contributed by atoms with van der Waals surface area (Å²) >= 11 is 5.59. The second-order valence-electron chi connectivity index (χ2n) is 4.38. The van der Waals surface area contributed by atoms with Gasteiger partial charge in [-0.05, 0) is 30.9 Å². The fraction of sp³-hybridized carbons (Fsp3) is 0.545. The van der Waals surface area contributed by atoms with E-state index in [4.69, 9.17) is 16.7 Å². The molecule has 1 saturated carbocycles. The van der Waals surface area contributed by atoms with Gasteiger partial charge in [0.15, 0.2) is 11.6 Å². The van der Waals surface area contributed by atoms with Crippen molar-refractivity contribution in [2.45, 2.75) is 31.7 Å². The van der Waals surface area contributed by atoms with Crippen LogP contribution in [0.3, 0.4) is 0 Å². The third-order valence-corrected chi connectivity index (χ3v) is 3.26. The molecule has 1 fully saturated rings. The molecular weight excluding hydrogens is 261 g/mol. The number of anilines is 1. The molecule has 5 nitrogen and oxygen atoms in total. The second-order valence-corrected chi connectivity index (χ2v) is 4.72. The minimum atomic E-state index is -0.803. The van der Waals surface area contributed by atoms with Crippen LogP contribution in [-0.4, -0.2) is 27.1 Å². The van der Waals surface area contributed by atoms with E-state index < -0.39 is 11.8 Å². The molecule has 1 aromatic heterocycles. The molecule has 2 N–H and O–H groups in total. The summed E-state index contributed by atoms with van der Waals surface area (Å²) in [5.74, 6) is -1.73. The molecule has 1 heterocycles. The first-order chi connectivity index (χ1) is 8.56. The molecule has 1 aliphatic rings. The summed E-state index contributed by atoms with van der Waals surface area (Å²) in [6.45, 7) is 0. The van der Waals surface area contributed by atoms with Crippen LogP contribution in [0.2, 0.25) is 5.28 Å². The minimum absolute atomic E-state index is 0.0334. The highest BCUT2D eigenvalue weighted by Gasteiger charge is 2.27. The maximum absolute atomic E-state index is 13.4. The predicted molar refractivity (Wildman–Crippen MR) is 64.0 cm³/mol. The SMILES string of the molecule is O=C(O)C1CCCC(Nc2nc(Cl)ncc2F)C1. The highest BCUT2D eigenvalue weighted by atomic mass is 35.5. The molecule has 18 heavy (non-hydrogen) atoms. The summed E-state index contributed by atoms with van der Waals surface area (Å²) in [5, 5.41) is 11.8. The summed E-state index contributed by atoms with van der Waals surface area (Å²) < 4.78 is 13.4. The molecular formula is C11H13ClFN3O2. The van der Waals surface area contributed by atoms with Crippen LogP contribution < -0.4 is 5.32 Å². The summed E-state index contributed by atoms with van der Waals surface area (Å²) in [5.41, 5.74) is 0. The number of carbonyl (C=O) groups is 1. The lowest BCUT2D eigenvalue weighted by Crippen LogP contribution is -2.31. The molecule has 0 spiro atoms. The molecule has 7 heteroatoms. The van der Waals surface area contributed by atoms with Crippen LogP contribution in [-0.2, 0) is 4.79 Å². The van der Waals surface area contributed by atoms with Gasteiger partial charge in [-0.15, -0.1) is 0 Å². The molecule has 0 bridgehead atoms. The van der Waals surface area contributed by atoms with E-state index in [0.717, 1.165) is 19.0 Å². The van der Waals surface area contributed by atoms with Crippen LogP contribution in [0.5, 0.6) is 0 Å². The van der Waals surface area contributed by atoms with E-state index in [1.165, 1.54) is 0 Å². The number of hydrogen-bond donors (Lipinski definition) is 2. The molecule has 0 saturated heterocycles. The van der Waals surface area contributed by atoms with Gasteiger partial charge in [-0.1, -0.05) is 6.42 Å². The third kappa shape index (κ3) is 3.07. The van der Waals surface area contributed by atoms with Crippen LogP contribution in [0, 0.1) is 11.7 Å². The zero-order valence-corrected chi connectivity index (χ0v) is 10.3. The van der Waals surface area contributed by atoms with E-state index in [0.29, 0.717) is 12.8 Å². The maximum atomic E-state index is 13.4. The average Bonchev–Trinajstić information content (AvgIpc) is 2.34. The van der Waals surface area contributed by atoms with Crippen molar-refractivity contribution in [1.82, 2.24) is 9.97 Å². The van der Waals surface area contributed by atoms with E-state index in [1.807, 2.05) is 0 Å². The fourth-order valence-corrected chi connectivity index (χ4v) is 2.32. The number of hydrogen-bond acceptors (Lipinski definition) is 4. The van der Waals surface area contributed by atoms with E-state index in [1.54, 1.807) is 0 Å². The molecule has 98 valence electrons. The number of carboxylic acid groups (broad SMARTS) is 1. The van der Waals surface area contributed by atoms with Gasteiger partial charge in [-0.3, -0.25) is 4.79 Å². The van der Waals surface area contributed by atoms with Gasteiger partial charge in [0.25, 0.3) is 0 Å². The first-order valence-corrected chi connectivity index (χ1v) is 6.11. The Bertz CT molecular complexity index is 458. The third-order valence-electron chi connectivity index (χ3n) is 3.08. The monoisotopic (exact) mass is 273 g/mol. The number of nitrogens with zero attached hydrogens (tertiary/aromatic N) is 2. The van der Waals surface area contributed by atoms with Crippen LogP contribution in [0.15, 0.2) is 6.20 Å². The van der Waals surface area contributed by atoms with Gasteiger partial charge >= 0.3 is 5.97 Å². The normalized spacial score (nSPS) is 23.7. The van der Waals surface area contributed by atoms with Gasteiger partial charge in [-0.2, -0.15) is 4.98 Å². The van der Waals surface area contributed by atoms with Crippen LogP contribution in [0.1, 0.15) is 25.7 Å². The van der Waals surface area contributed by atoms with Gasteiger partial charge in [0, 0.05) is 6.04 Å². The molecule has 1 aromatic rings. The quantitative estimate of drug-likeness (QED) is 0.827. The molecule has 0 aliphatic heterocycles. The van der Waals surface area contributed by atoms with Crippen molar-refractivity contribution in [3.63, 3.8) is 0 Å². The molecule has 2 atom stereocenters. The first-order valence-electron chi connectivity index (χ1n) is 5.73. The van der Waals surface area contributed by atoms with Crippen molar-refractivity contribution in [2.24, 2.45) is 5.92 Å². The van der Waals surface area contributed by atoms with Gasteiger partial charge in [0.05, 0.1) is 12.1 Å². The van der Waals surface area contributed by atoms with Crippen LogP contribution >= 0.6 is 11.6 Å². The van der Waals surface area contributed by atoms with Crippen molar-refractivity contribution in [2.75, 3.05) is 5.32 Å². The van der Waals surface area contributed by atoms with Gasteiger partial charge in [-0.25, -0.2) is 9.37 Å². The van der Waals surface area contributed by atoms with Crippen molar-refractivity contribution in [3.05, 3.63) is 17.3 Å². The number of carboxylic acids is 1. The smallest absolute Gasteiger partial charge is 0.306 e. The zero-order valence-electron chi connectivity index (χ0n) is 9.57. The van der Waals surface area contributed by atoms with Gasteiger partial charge < -0.3 is 10.4 Å². The Morgan fingerprint density at radius 3 is 3.06 bits per heavy atom. The van der Waals surface area contributed by atoms with E-state index >= 15 is 0 Å². The van der Waals surface area contributed by atoms with Crippen molar-refractivity contribution >= 4 is 23.4 Å². The topological polar surface area (TPSA) is 75.1 Å². The number of rotatable bonds is 3. The lowest BCUT2D eigenvalue weighted by Gasteiger charge is -2.27. The first kappa shape index (κ1) is 13.0. The van der Waals surface area contributed by atoms with Gasteiger partial charge in [0.1, 0.15) is 0 Å². The molecule has 0 radical (unpaired) electrons. The fourth-order valence-electron chi connectivity index (χ4n) is 2.19. The number of nitrogens with one attached hydrogen (secondary N) is 1. The molecule has 2 rings (SSSR count). The van der Waals surface area contributed by atoms with Crippen molar-refractivity contribution in [1.29, 1.82) is 0 Å². The Morgan fingerprint density at radius 1 is 1.56 bits per heavy atom. The standard InChI is InChI=1S/C11H13ClFN3O2/c12-11-14-5-8(13)9(16-11)15-7-3-1-2-6(4-7)10(17)18/h5-7H,1-4H2,(H,17,18)(H,14,15,16). The maximum Gasteiger partial charge on any atom is 0.306 e. The van der Waals surface area contributed by atoms with Gasteiger partial charge in [0.2, 0.25) is 5.28 Å². The highest BCUT2D eigenvalue weighted by Crippen LogP contribution is 2.27. The molecule has 1 aliphatic carbocycles. The Balaban J connectivity index is 2.04. The predicted octanol–water partition coefficient (Wildman–Crippen LogP) is 2.32. The lowest BCUT2D eigenvalue weighted by molar-refractivity contribution is -0.142. The molecule has 2 unspecified atom stereocenters. The summed E-state index contributed by atoms with van der Waals surface area (Å²) in [7, 11) is 0. The minimum Gasteiger partial charge on any atom is -0.481 e. The zero-order chi connectivity index (χ0) is 13.1. The van der Waals surface area contributed by atoms with E-state index in [-0.39, 0.29) is 23.1 Å². The Labute approximate surface area is 108 Å². The number of aromatic nitrogens is 2. The van der Waals surface area contributed by atoms with Crippen molar-refractivity contribution in [3.8, 4) is 0 Å². The summed E-state index contributed by atoms with van der Waals surface area (Å²) in [4.78, 5) is 18.2. The van der Waals surface area contributed by atoms with Crippen molar-refractivity contribution < 1.29 is 14.3 Å². The largest absolute Gasteiger partial charge is 0.481 e. The molecule has 0 aromatic carbocycles. The highest BCUT2D eigenvalue weighted by molar-refractivity contribution is 6.28. The Morgan fingerprint density at radius 2 is 2.33 bits per heavy atom. The second kappa shape index (κ2) is 5.48. The Kier molecular flexibility index (Phi) is 3.96. The van der Waals surface area contributed by atoms with Crippen LogP contribution in [0.25, 0.3) is 0 Å². The summed E-state index contributed by atoms with van der Waals surface area (Å²) in [6.07, 6.45) is 3.73. The Hall–Kier alpha value is -1.43. The van der Waals surface area contributed by atoms with Crippen LogP contribution in [0.4, 0.5) is 10.2 Å². The summed E-state index contributed by atoms with van der Waals surface area (Å²) in [6, 6.07) is -0.0969. The number of halogens is 2. The number of aliphatic carboxylic acids is 1. The lowest BCUT2D eigenvalue weighted by atomic mass is 9.86. The van der Waals surface area contributed by atoms with E-state index in [9.17, 15) is 9.18 Å². The van der Waals surface area contributed by atoms with E-state index in [2.05, 4.69) is 15.3 Å². The average molecular weight is 274 g/mol. The molecule has 0 amide bonds.